The fourth-order valence-corrected chi connectivity index (χ4v) is 3.55. The van der Waals surface area contributed by atoms with E-state index >= 15 is 0 Å². The second-order valence-electron chi connectivity index (χ2n) is 4.73. The SMILES string of the molecule is O=C(O)c1ccc(NC(=O)c2sc3ccccc3c2Cl)cc1O. The molecule has 2 aromatic carbocycles. The van der Waals surface area contributed by atoms with Crippen LogP contribution in [-0.2, 0) is 0 Å². The molecule has 1 heterocycles. The highest BCUT2D eigenvalue weighted by Gasteiger charge is 2.18. The number of benzene rings is 2. The molecule has 0 radical (unpaired) electrons. The number of carboxylic acids is 1. The third-order valence-electron chi connectivity index (χ3n) is 3.23. The molecule has 0 aliphatic rings. The van der Waals surface area contributed by atoms with Crippen molar-refractivity contribution in [3.8, 4) is 5.75 Å². The molecule has 0 unspecified atom stereocenters. The van der Waals surface area contributed by atoms with Crippen LogP contribution in [-0.4, -0.2) is 22.1 Å². The van der Waals surface area contributed by atoms with E-state index in [1.165, 1.54) is 29.5 Å². The number of phenols is 1. The normalized spacial score (nSPS) is 10.7. The summed E-state index contributed by atoms with van der Waals surface area (Å²) in [5.74, 6) is -2.08. The van der Waals surface area contributed by atoms with Gasteiger partial charge in [0.05, 0.1) is 5.02 Å². The maximum Gasteiger partial charge on any atom is 0.339 e. The molecule has 116 valence electrons. The van der Waals surface area contributed by atoms with Gasteiger partial charge in [-0.2, -0.15) is 0 Å². The smallest absolute Gasteiger partial charge is 0.339 e. The minimum absolute atomic E-state index is 0.233. The third kappa shape index (κ3) is 2.86. The summed E-state index contributed by atoms with van der Waals surface area (Å²) < 4.78 is 0.895. The monoisotopic (exact) mass is 347 g/mol. The van der Waals surface area contributed by atoms with E-state index in [0.717, 1.165) is 10.1 Å². The molecule has 0 aliphatic carbocycles. The van der Waals surface area contributed by atoms with Crippen molar-refractivity contribution < 1.29 is 19.8 Å². The summed E-state index contributed by atoms with van der Waals surface area (Å²) in [5, 5.41) is 22.3. The van der Waals surface area contributed by atoms with Crippen LogP contribution in [0.1, 0.15) is 20.0 Å². The van der Waals surface area contributed by atoms with Crippen molar-refractivity contribution in [2.45, 2.75) is 0 Å². The molecule has 0 bridgehead atoms. The summed E-state index contributed by atoms with van der Waals surface area (Å²) >= 11 is 7.50. The van der Waals surface area contributed by atoms with Crippen molar-refractivity contribution in [3.05, 3.63) is 57.9 Å². The first-order chi connectivity index (χ1) is 11.0. The van der Waals surface area contributed by atoms with E-state index in [0.29, 0.717) is 9.90 Å². The molecule has 0 fully saturated rings. The molecule has 7 heteroatoms. The average molecular weight is 348 g/mol. The number of hydrogen-bond acceptors (Lipinski definition) is 4. The fraction of sp³-hybridized carbons (Fsp3) is 0. The summed E-state index contributed by atoms with van der Waals surface area (Å²) in [6, 6.07) is 11.2. The van der Waals surface area contributed by atoms with Crippen molar-refractivity contribution in [1.29, 1.82) is 0 Å². The first kappa shape index (κ1) is 15.3. The molecule has 3 aromatic rings. The van der Waals surface area contributed by atoms with E-state index in [1.54, 1.807) is 0 Å². The second kappa shape index (κ2) is 5.91. The van der Waals surface area contributed by atoms with Crippen molar-refractivity contribution in [1.82, 2.24) is 0 Å². The minimum Gasteiger partial charge on any atom is -0.507 e. The van der Waals surface area contributed by atoms with Gasteiger partial charge in [0.2, 0.25) is 0 Å². The summed E-state index contributed by atoms with van der Waals surface area (Å²) in [5.41, 5.74) is 0.0499. The Balaban J connectivity index is 1.90. The third-order valence-corrected chi connectivity index (χ3v) is 4.90. The van der Waals surface area contributed by atoms with Gasteiger partial charge in [-0.15, -0.1) is 11.3 Å². The van der Waals surface area contributed by atoms with Gasteiger partial charge in [-0.1, -0.05) is 29.8 Å². The highest BCUT2D eigenvalue weighted by molar-refractivity contribution is 7.21. The van der Waals surface area contributed by atoms with Crippen LogP contribution in [0.4, 0.5) is 5.69 Å². The van der Waals surface area contributed by atoms with Crippen LogP contribution >= 0.6 is 22.9 Å². The summed E-state index contributed by atoms with van der Waals surface area (Å²) in [7, 11) is 0. The Morgan fingerprint density at radius 1 is 1.13 bits per heavy atom. The van der Waals surface area contributed by atoms with Crippen LogP contribution in [0, 0.1) is 0 Å². The lowest BCUT2D eigenvalue weighted by Crippen LogP contribution is -2.11. The van der Waals surface area contributed by atoms with Gasteiger partial charge in [-0.05, 0) is 18.2 Å². The Morgan fingerprint density at radius 2 is 1.87 bits per heavy atom. The molecule has 0 spiro atoms. The Kier molecular flexibility index (Phi) is 3.94. The van der Waals surface area contributed by atoms with Gasteiger partial charge in [0.1, 0.15) is 16.2 Å². The zero-order valence-corrected chi connectivity index (χ0v) is 13.1. The van der Waals surface area contributed by atoms with Crippen molar-refractivity contribution >= 4 is 50.6 Å². The van der Waals surface area contributed by atoms with Crippen molar-refractivity contribution in [2.75, 3.05) is 5.32 Å². The minimum atomic E-state index is -1.24. The zero-order valence-electron chi connectivity index (χ0n) is 11.5. The van der Waals surface area contributed by atoms with Gasteiger partial charge in [-0.25, -0.2) is 4.79 Å². The van der Waals surface area contributed by atoms with Crippen molar-refractivity contribution in [2.24, 2.45) is 0 Å². The number of amides is 1. The molecule has 3 N–H and O–H groups in total. The molecule has 3 rings (SSSR count). The number of carboxylic acid groups (broad SMARTS) is 1. The van der Waals surface area contributed by atoms with E-state index in [2.05, 4.69) is 5.32 Å². The number of carbonyl (C=O) groups is 2. The van der Waals surface area contributed by atoms with Crippen LogP contribution in [0.15, 0.2) is 42.5 Å². The Hall–Kier alpha value is -2.57. The van der Waals surface area contributed by atoms with Gasteiger partial charge < -0.3 is 15.5 Å². The molecule has 0 aliphatic heterocycles. The molecule has 1 aromatic heterocycles. The molecular weight excluding hydrogens is 338 g/mol. The van der Waals surface area contributed by atoms with Gasteiger partial charge in [0, 0.05) is 21.8 Å². The predicted molar refractivity (Wildman–Crippen MR) is 89.9 cm³/mol. The predicted octanol–water partition coefficient (Wildman–Crippen LogP) is 4.21. The number of nitrogens with one attached hydrogen (secondary N) is 1. The first-order valence-electron chi connectivity index (χ1n) is 6.52. The Labute approximate surface area is 139 Å². The quantitative estimate of drug-likeness (QED) is 0.662. The number of halogens is 1. The maximum absolute atomic E-state index is 12.4. The van der Waals surface area contributed by atoms with Gasteiger partial charge >= 0.3 is 5.97 Å². The van der Waals surface area contributed by atoms with Crippen LogP contribution in [0.2, 0.25) is 5.02 Å². The van der Waals surface area contributed by atoms with E-state index < -0.39 is 17.6 Å². The lowest BCUT2D eigenvalue weighted by Gasteiger charge is -2.06. The van der Waals surface area contributed by atoms with Gasteiger partial charge in [-0.3, -0.25) is 4.79 Å². The number of hydrogen-bond donors (Lipinski definition) is 3. The molecule has 0 atom stereocenters. The van der Waals surface area contributed by atoms with Gasteiger partial charge in [0.15, 0.2) is 0 Å². The first-order valence-corrected chi connectivity index (χ1v) is 7.71. The van der Waals surface area contributed by atoms with Crippen LogP contribution in [0.5, 0.6) is 5.75 Å². The Morgan fingerprint density at radius 3 is 2.52 bits per heavy atom. The van der Waals surface area contributed by atoms with Crippen LogP contribution in [0.3, 0.4) is 0 Å². The summed E-state index contributed by atoms with van der Waals surface area (Å²) in [6.07, 6.45) is 0. The molecular formula is C16H10ClNO4S. The topological polar surface area (TPSA) is 86.6 Å². The number of anilines is 1. The number of aromatic carboxylic acids is 1. The fourth-order valence-electron chi connectivity index (χ4n) is 2.14. The standard InChI is InChI=1S/C16H10ClNO4S/c17-13-10-3-1-2-4-12(10)23-14(13)15(20)18-8-5-6-9(16(21)22)11(19)7-8/h1-7,19H,(H,18,20)(H,21,22). The summed E-state index contributed by atoms with van der Waals surface area (Å²) in [4.78, 5) is 23.6. The summed E-state index contributed by atoms with van der Waals surface area (Å²) in [6.45, 7) is 0. The Bertz CT molecular complexity index is 935. The van der Waals surface area contributed by atoms with E-state index in [-0.39, 0.29) is 11.3 Å². The number of fused-ring (bicyclic) bond motifs is 1. The number of carbonyl (C=O) groups excluding carboxylic acids is 1. The lowest BCUT2D eigenvalue weighted by atomic mass is 10.2. The van der Waals surface area contributed by atoms with Crippen LogP contribution < -0.4 is 5.32 Å². The lowest BCUT2D eigenvalue weighted by molar-refractivity contribution is 0.0693. The number of rotatable bonds is 3. The number of aromatic hydroxyl groups is 1. The van der Waals surface area contributed by atoms with E-state index in [9.17, 15) is 14.7 Å². The van der Waals surface area contributed by atoms with E-state index in [4.69, 9.17) is 16.7 Å². The molecule has 0 saturated heterocycles. The van der Waals surface area contributed by atoms with Gasteiger partial charge in [0.25, 0.3) is 5.91 Å². The average Bonchev–Trinajstić information content (AvgIpc) is 2.85. The zero-order chi connectivity index (χ0) is 16.6. The van der Waals surface area contributed by atoms with E-state index in [1.807, 2.05) is 24.3 Å². The van der Waals surface area contributed by atoms with Crippen LogP contribution in [0.25, 0.3) is 10.1 Å². The second-order valence-corrected chi connectivity index (χ2v) is 6.16. The molecule has 1 amide bonds. The number of thiophene rings is 1. The van der Waals surface area contributed by atoms with Crippen molar-refractivity contribution in [3.63, 3.8) is 0 Å². The molecule has 5 nitrogen and oxygen atoms in total. The molecule has 0 saturated carbocycles. The highest BCUT2D eigenvalue weighted by Crippen LogP contribution is 2.35. The molecule has 23 heavy (non-hydrogen) atoms. The highest BCUT2D eigenvalue weighted by atomic mass is 35.5. The largest absolute Gasteiger partial charge is 0.507 e. The maximum atomic E-state index is 12.4.